The van der Waals surface area contributed by atoms with Gasteiger partial charge in [0.1, 0.15) is 7.05 Å². The standard InChI is InChI=1S/C19H22F3N2Si/c1-13-9-14(11-19(20,21)22)17(23-2)10-16(13)18-8-7-15(12-24(18)3)25(4,5)6/h7-10,12H,11H2,1,3-6H3/q+1/i11D2. The van der Waals surface area contributed by atoms with Gasteiger partial charge in [0.25, 0.3) is 0 Å². The van der Waals surface area contributed by atoms with Gasteiger partial charge in [-0.1, -0.05) is 31.8 Å². The molecule has 1 heterocycles. The van der Waals surface area contributed by atoms with Crippen molar-refractivity contribution in [3.63, 3.8) is 0 Å². The van der Waals surface area contributed by atoms with Crippen molar-refractivity contribution >= 4 is 18.9 Å². The van der Waals surface area contributed by atoms with Gasteiger partial charge < -0.3 is 0 Å². The summed E-state index contributed by atoms with van der Waals surface area (Å²) in [6, 6.07) is 6.41. The third kappa shape index (κ3) is 4.49. The van der Waals surface area contributed by atoms with Crippen molar-refractivity contribution in [1.29, 1.82) is 0 Å². The Balaban J connectivity index is 2.67. The van der Waals surface area contributed by atoms with Gasteiger partial charge in [-0.2, -0.15) is 13.2 Å². The highest BCUT2D eigenvalue weighted by molar-refractivity contribution is 6.88. The molecule has 0 fully saturated rings. The van der Waals surface area contributed by atoms with Gasteiger partial charge in [-0.05, 0) is 24.1 Å². The zero-order chi connectivity index (χ0) is 20.8. The van der Waals surface area contributed by atoms with E-state index in [0.717, 1.165) is 11.8 Å². The van der Waals surface area contributed by atoms with Crippen LogP contribution in [0.25, 0.3) is 16.1 Å². The van der Waals surface area contributed by atoms with E-state index in [1.54, 1.807) is 6.92 Å². The first-order valence-corrected chi connectivity index (χ1v) is 11.3. The average Bonchev–Trinajstić information content (AvgIpc) is 2.53. The second-order valence-electron chi connectivity index (χ2n) is 7.08. The van der Waals surface area contributed by atoms with Crippen LogP contribution in [0.1, 0.15) is 13.9 Å². The molecule has 1 aromatic heterocycles. The fourth-order valence-electron chi connectivity index (χ4n) is 2.65. The maximum absolute atomic E-state index is 13.1. The molecule has 6 heteroatoms. The topological polar surface area (TPSA) is 8.24 Å². The van der Waals surface area contributed by atoms with Gasteiger partial charge in [-0.15, -0.1) is 0 Å². The van der Waals surface area contributed by atoms with E-state index < -0.39 is 26.2 Å². The third-order valence-corrected chi connectivity index (χ3v) is 6.04. The Bertz CT molecular complexity index is 926. The van der Waals surface area contributed by atoms with E-state index >= 15 is 0 Å². The molecule has 0 spiro atoms. The summed E-state index contributed by atoms with van der Waals surface area (Å²) < 4.78 is 56.2. The van der Waals surface area contributed by atoms with Gasteiger partial charge in [0.15, 0.2) is 11.9 Å². The van der Waals surface area contributed by atoms with Crippen LogP contribution < -0.4 is 9.75 Å². The van der Waals surface area contributed by atoms with Gasteiger partial charge >= 0.3 is 6.18 Å². The van der Waals surface area contributed by atoms with Gasteiger partial charge in [-0.25, -0.2) is 9.41 Å². The zero-order valence-electron chi connectivity index (χ0n) is 16.9. The summed E-state index contributed by atoms with van der Waals surface area (Å²) in [6.45, 7) is 15.6. The summed E-state index contributed by atoms with van der Waals surface area (Å²) >= 11 is 0. The predicted molar refractivity (Wildman–Crippen MR) is 96.8 cm³/mol. The van der Waals surface area contributed by atoms with Crippen LogP contribution in [0.5, 0.6) is 0 Å². The first kappa shape index (κ1) is 16.3. The molecule has 0 aliphatic carbocycles. The lowest BCUT2D eigenvalue weighted by molar-refractivity contribution is -0.659. The normalized spacial score (nSPS) is 13.9. The Hall–Kier alpha value is -2.13. The maximum atomic E-state index is 13.1. The molecule has 0 bridgehead atoms. The van der Waals surface area contributed by atoms with Crippen molar-refractivity contribution in [3.8, 4) is 11.3 Å². The zero-order valence-corrected chi connectivity index (χ0v) is 15.9. The molecule has 0 aliphatic heterocycles. The van der Waals surface area contributed by atoms with Crippen molar-refractivity contribution < 1.29 is 20.5 Å². The van der Waals surface area contributed by atoms with Crippen LogP contribution in [-0.2, 0) is 13.4 Å². The van der Waals surface area contributed by atoms with Crippen molar-refractivity contribution in [2.45, 2.75) is 39.1 Å². The van der Waals surface area contributed by atoms with E-state index in [1.165, 1.54) is 11.3 Å². The van der Waals surface area contributed by atoms with E-state index in [0.29, 0.717) is 11.1 Å². The molecule has 0 atom stereocenters. The Morgan fingerprint density at radius 2 is 1.88 bits per heavy atom. The molecule has 1 aromatic carbocycles. The fraction of sp³-hybridized carbons (Fsp3) is 0.368. The predicted octanol–water partition coefficient (Wildman–Crippen LogP) is 4.69. The highest BCUT2D eigenvalue weighted by Gasteiger charge is 2.30. The number of halogens is 3. The lowest BCUT2D eigenvalue weighted by Crippen LogP contribution is -2.44. The van der Waals surface area contributed by atoms with Crippen LogP contribution in [0.3, 0.4) is 0 Å². The molecule has 0 unspecified atom stereocenters. The number of alkyl halides is 3. The molecule has 2 nitrogen and oxygen atoms in total. The fourth-order valence-corrected chi connectivity index (χ4v) is 3.81. The second kappa shape index (κ2) is 6.64. The summed E-state index contributed by atoms with van der Waals surface area (Å²) in [5.41, 5.74) is 0.896. The molecular weight excluding hydrogens is 341 g/mol. The number of hydrogen-bond donors (Lipinski definition) is 0. The number of rotatable bonds is 3. The number of pyridine rings is 1. The lowest BCUT2D eigenvalue weighted by atomic mass is 9.98. The van der Waals surface area contributed by atoms with Crippen LogP contribution in [0.4, 0.5) is 18.9 Å². The lowest BCUT2D eigenvalue weighted by Gasteiger charge is -2.16. The van der Waals surface area contributed by atoms with Gasteiger partial charge in [0, 0.05) is 19.6 Å². The Morgan fingerprint density at radius 3 is 2.36 bits per heavy atom. The second-order valence-corrected chi connectivity index (χ2v) is 12.2. The summed E-state index contributed by atoms with van der Waals surface area (Å²) in [4.78, 5) is 3.17. The molecule has 0 amide bonds. The van der Waals surface area contributed by atoms with E-state index in [1.807, 2.05) is 29.9 Å². The highest BCUT2D eigenvalue weighted by atomic mass is 28.3. The first-order chi connectivity index (χ1) is 12.2. The van der Waals surface area contributed by atoms with Crippen LogP contribution in [-0.4, -0.2) is 14.3 Å². The Morgan fingerprint density at radius 1 is 1.24 bits per heavy atom. The van der Waals surface area contributed by atoms with E-state index in [4.69, 9.17) is 9.31 Å². The Kier molecular flexibility index (Phi) is 4.34. The summed E-state index contributed by atoms with van der Waals surface area (Å²) in [5.74, 6) is 0. The molecule has 2 rings (SSSR count). The number of aromatic nitrogens is 1. The van der Waals surface area contributed by atoms with Crippen LogP contribution >= 0.6 is 0 Å². The van der Waals surface area contributed by atoms with Gasteiger partial charge in [-0.3, -0.25) is 0 Å². The number of aryl methyl sites for hydroxylation is 2. The molecule has 0 saturated carbocycles. The quantitative estimate of drug-likeness (QED) is 0.424. The summed E-state index contributed by atoms with van der Waals surface area (Å²) in [7, 11) is 0.341. The third-order valence-electron chi connectivity index (χ3n) is 4.02. The largest absolute Gasteiger partial charge is 0.391 e. The van der Waals surface area contributed by atoms with Crippen LogP contribution in [0.2, 0.25) is 19.6 Å². The van der Waals surface area contributed by atoms with Gasteiger partial charge in [0.05, 0.1) is 21.0 Å². The van der Waals surface area contributed by atoms with Crippen LogP contribution in [0.15, 0.2) is 30.5 Å². The monoisotopic (exact) mass is 365 g/mol. The smallest absolute Gasteiger partial charge is 0.238 e. The molecule has 2 aromatic rings. The number of hydrogen-bond acceptors (Lipinski definition) is 0. The van der Waals surface area contributed by atoms with Crippen molar-refractivity contribution in [2.24, 2.45) is 7.05 Å². The van der Waals surface area contributed by atoms with Crippen molar-refractivity contribution in [1.82, 2.24) is 0 Å². The van der Waals surface area contributed by atoms with E-state index in [9.17, 15) is 13.2 Å². The number of benzene rings is 1. The maximum Gasteiger partial charge on any atom is 0.391 e. The summed E-state index contributed by atoms with van der Waals surface area (Å²) in [5, 5.41) is 1.24. The van der Waals surface area contributed by atoms with Crippen molar-refractivity contribution in [2.75, 3.05) is 0 Å². The number of nitrogens with zero attached hydrogens (tertiary/aromatic N) is 2. The molecule has 0 saturated heterocycles. The average molecular weight is 365 g/mol. The van der Waals surface area contributed by atoms with Crippen LogP contribution in [0, 0.1) is 13.5 Å². The molecule has 25 heavy (non-hydrogen) atoms. The Labute approximate surface area is 150 Å². The highest BCUT2D eigenvalue weighted by Crippen LogP contribution is 2.33. The first-order valence-electron chi connectivity index (χ1n) is 8.80. The SMILES string of the molecule is [2H]C([2H])(c1cc(C)c(-c2ccc([Si](C)(C)C)c[n+]2C)cc1[N+]#[C-])C(F)(F)F. The molecule has 0 aliphatic rings. The van der Waals surface area contributed by atoms with Crippen molar-refractivity contribution in [3.05, 3.63) is 53.0 Å². The van der Waals surface area contributed by atoms with E-state index in [2.05, 4.69) is 24.5 Å². The minimum absolute atomic E-state index is 0.327. The minimum atomic E-state index is -5.09. The summed E-state index contributed by atoms with van der Waals surface area (Å²) in [6.07, 6.45) is -6.66. The molecule has 0 N–H and O–H groups in total. The van der Waals surface area contributed by atoms with E-state index in [-0.39, 0.29) is 5.69 Å². The molecule has 0 radical (unpaired) electrons. The molecule has 132 valence electrons. The molecular formula is C19H22F3N2Si+. The minimum Gasteiger partial charge on any atom is -0.238 e. The van der Waals surface area contributed by atoms with Gasteiger partial charge in [0.2, 0.25) is 5.69 Å².